The first-order valence-electron chi connectivity index (χ1n) is 6.50. The molecular weight excluding hydrogens is 202 g/mol. The highest BCUT2D eigenvalue weighted by Gasteiger charge is 2.20. The summed E-state index contributed by atoms with van der Waals surface area (Å²) in [5.74, 6) is 0.706. The van der Waals surface area contributed by atoms with Crippen LogP contribution in [-0.4, -0.2) is 11.0 Å². The van der Waals surface area contributed by atoms with E-state index in [1.165, 1.54) is 12.8 Å². The number of nitro groups is 1. The molecule has 0 atom stereocenters. The molecule has 3 nitrogen and oxygen atoms in total. The Hall–Kier alpha value is -0.860. The second kappa shape index (κ2) is 7.42. The topological polar surface area (TPSA) is 43.1 Å². The molecule has 1 aliphatic rings. The standard InChI is InChI=1S/C13H23NO2/c1-2-7-12-8-3-5-10-13(14(15)16)11-6-4-9-12/h2,7,12-13H,3-6,8-11H2,1H3. The molecule has 0 heterocycles. The van der Waals surface area contributed by atoms with E-state index in [-0.39, 0.29) is 11.0 Å². The van der Waals surface area contributed by atoms with Gasteiger partial charge in [0.2, 0.25) is 6.04 Å². The Morgan fingerprint density at radius 2 is 1.56 bits per heavy atom. The van der Waals surface area contributed by atoms with Crippen molar-refractivity contribution >= 4 is 0 Å². The van der Waals surface area contributed by atoms with Gasteiger partial charge in [-0.05, 0) is 38.5 Å². The summed E-state index contributed by atoms with van der Waals surface area (Å²) >= 11 is 0. The molecule has 0 saturated heterocycles. The zero-order chi connectivity index (χ0) is 11.8. The second-order valence-electron chi connectivity index (χ2n) is 4.79. The molecule has 0 unspecified atom stereocenters. The summed E-state index contributed by atoms with van der Waals surface area (Å²) in [6.45, 7) is 2.07. The van der Waals surface area contributed by atoms with Crippen LogP contribution in [0.4, 0.5) is 0 Å². The van der Waals surface area contributed by atoms with Crippen LogP contribution in [0.25, 0.3) is 0 Å². The third-order valence-electron chi connectivity index (χ3n) is 3.49. The Morgan fingerprint density at radius 1 is 1.06 bits per heavy atom. The number of hydrogen-bond acceptors (Lipinski definition) is 2. The molecule has 0 radical (unpaired) electrons. The Kier molecular flexibility index (Phi) is 6.12. The van der Waals surface area contributed by atoms with Crippen molar-refractivity contribution in [2.24, 2.45) is 5.92 Å². The van der Waals surface area contributed by atoms with E-state index in [4.69, 9.17) is 0 Å². The van der Waals surface area contributed by atoms with E-state index in [9.17, 15) is 10.1 Å². The van der Waals surface area contributed by atoms with Crippen LogP contribution in [0.15, 0.2) is 12.2 Å². The molecule has 0 aromatic heterocycles. The van der Waals surface area contributed by atoms with E-state index in [1.807, 2.05) is 0 Å². The summed E-state index contributed by atoms with van der Waals surface area (Å²) in [6, 6.07) is -0.279. The smallest absolute Gasteiger partial charge is 0.213 e. The molecule has 0 spiro atoms. The first-order valence-corrected chi connectivity index (χ1v) is 6.50. The van der Waals surface area contributed by atoms with E-state index in [0.717, 1.165) is 38.5 Å². The van der Waals surface area contributed by atoms with Gasteiger partial charge in [0.05, 0.1) is 0 Å². The van der Waals surface area contributed by atoms with Gasteiger partial charge in [-0.15, -0.1) is 0 Å². The predicted octanol–water partition coefficient (Wildman–Crippen LogP) is 3.96. The molecule has 0 N–H and O–H groups in total. The van der Waals surface area contributed by atoms with Gasteiger partial charge >= 0.3 is 0 Å². The van der Waals surface area contributed by atoms with Gasteiger partial charge in [0.15, 0.2) is 0 Å². The number of hydrogen-bond donors (Lipinski definition) is 0. The first kappa shape index (κ1) is 13.2. The van der Waals surface area contributed by atoms with Gasteiger partial charge in [0.1, 0.15) is 0 Å². The van der Waals surface area contributed by atoms with E-state index < -0.39 is 0 Å². The monoisotopic (exact) mass is 225 g/mol. The lowest BCUT2D eigenvalue weighted by molar-refractivity contribution is -0.524. The van der Waals surface area contributed by atoms with Gasteiger partial charge in [-0.2, -0.15) is 0 Å². The molecule has 0 amide bonds. The number of rotatable bonds is 2. The highest BCUT2D eigenvalue weighted by Crippen LogP contribution is 2.23. The van der Waals surface area contributed by atoms with E-state index in [2.05, 4.69) is 19.1 Å². The maximum atomic E-state index is 10.8. The highest BCUT2D eigenvalue weighted by atomic mass is 16.6. The number of allylic oxidation sites excluding steroid dienone is 2. The SMILES string of the molecule is CC=CC1CCCCC([N+](=O)[O-])CCCC1. The Labute approximate surface area is 98.1 Å². The normalized spacial score (nSPS) is 29.1. The van der Waals surface area contributed by atoms with Crippen molar-refractivity contribution in [3.63, 3.8) is 0 Å². The molecule has 1 aliphatic carbocycles. The summed E-state index contributed by atoms with van der Waals surface area (Å²) in [6.07, 6.45) is 12.7. The third-order valence-corrected chi connectivity index (χ3v) is 3.49. The quantitative estimate of drug-likeness (QED) is 0.405. The minimum atomic E-state index is -0.279. The average Bonchev–Trinajstić information content (AvgIpc) is 2.27. The maximum Gasteiger partial charge on any atom is 0.213 e. The van der Waals surface area contributed by atoms with Crippen LogP contribution in [-0.2, 0) is 0 Å². The van der Waals surface area contributed by atoms with Crippen molar-refractivity contribution in [3.8, 4) is 0 Å². The van der Waals surface area contributed by atoms with Crippen LogP contribution in [0.1, 0.15) is 58.3 Å². The van der Waals surface area contributed by atoms with E-state index in [1.54, 1.807) is 0 Å². The van der Waals surface area contributed by atoms with Crippen LogP contribution >= 0.6 is 0 Å². The Bertz CT molecular complexity index is 226. The lowest BCUT2D eigenvalue weighted by Crippen LogP contribution is -2.20. The Morgan fingerprint density at radius 3 is 2.00 bits per heavy atom. The third kappa shape index (κ3) is 4.77. The lowest BCUT2D eigenvalue weighted by Gasteiger charge is -2.16. The second-order valence-corrected chi connectivity index (χ2v) is 4.79. The maximum absolute atomic E-state index is 10.8. The van der Waals surface area contributed by atoms with Gasteiger partial charge in [-0.3, -0.25) is 10.1 Å². The van der Waals surface area contributed by atoms with Crippen LogP contribution in [0.5, 0.6) is 0 Å². The molecular formula is C13H23NO2. The summed E-state index contributed by atoms with van der Waals surface area (Å²) < 4.78 is 0. The largest absolute Gasteiger partial charge is 0.264 e. The van der Waals surface area contributed by atoms with Crippen molar-refractivity contribution in [2.75, 3.05) is 0 Å². The van der Waals surface area contributed by atoms with Gasteiger partial charge in [-0.1, -0.05) is 25.0 Å². The molecule has 1 saturated carbocycles. The molecule has 0 aromatic rings. The van der Waals surface area contributed by atoms with Gasteiger partial charge < -0.3 is 0 Å². The van der Waals surface area contributed by atoms with E-state index in [0.29, 0.717) is 5.92 Å². The van der Waals surface area contributed by atoms with Crippen molar-refractivity contribution in [1.82, 2.24) is 0 Å². The van der Waals surface area contributed by atoms with Crippen molar-refractivity contribution in [1.29, 1.82) is 0 Å². The van der Waals surface area contributed by atoms with E-state index >= 15 is 0 Å². The minimum Gasteiger partial charge on any atom is -0.264 e. The summed E-state index contributed by atoms with van der Waals surface area (Å²) in [7, 11) is 0. The molecule has 16 heavy (non-hydrogen) atoms. The Balaban J connectivity index is 2.40. The van der Waals surface area contributed by atoms with Gasteiger partial charge in [-0.25, -0.2) is 0 Å². The predicted molar refractivity (Wildman–Crippen MR) is 66.0 cm³/mol. The fourth-order valence-corrected chi connectivity index (χ4v) is 2.54. The zero-order valence-electron chi connectivity index (χ0n) is 10.2. The number of nitrogens with zero attached hydrogens (tertiary/aromatic N) is 1. The first-order chi connectivity index (χ1) is 7.74. The van der Waals surface area contributed by atoms with Crippen LogP contribution in [0.3, 0.4) is 0 Å². The van der Waals surface area contributed by atoms with Gasteiger partial charge in [0.25, 0.3) is 0 Å². The minimum absolute atomic E-state index is 0.0783. The molecule has 1 fully saturated rings. The van der Waals surface area contributed by atoms with Crippen molar-refractivity contribution < 1.29 is 4.92 Å². The highest BCUT2D eigenvalue weighted by molar-refractivity contribution is 4.85. The molecule has 0 aliphatic heterocycles. The summed E-state index contributed by atoms with van der Waals surface area (Å²) in [5.41, 5.74) is 0. The average molecular weight is 225 g/mol. The molecule has 1 rings (SSSR count). The van der Waals surface area contributed by atoms with Gasteiger partial charge in [0, 0.05) is 17.8 Å². The van der Waals surface area contributed by atoms with Crippen molar-refractivity contribution in [3.05, 3.63) is 22.3 Å². The van der Waals surface area contributed by atoms with Crippen LogP contribution in [0.2, 0.25) is 0 Å². The molecule has 0 aromatic carbocycles. The molecule has 0 bridgehead atoms. The van der Waals surface area contributed by atoms with Crippen LogP contribution in [0, 0.1) is 16.0 Å². The van der Waals surface area contributed by atoms with Crippen LogP contribution < -0.4 is 0 Å². The fourth-order valence-electron chi connectivity index (χ4n) is 2.54. The summed E-state index contributed by atoms with van der Waals surface area (Å²) in [5, 5.41) is 10.8. The zero-order valence-corrected chi connectivity index (χ0v) is 10.2. The summed E-state index contributed by atoms with van der Waals surface area (Å²) in [4.78, 5) is 10.7. The molecule has 3 heteroatoms. The fraction of sp³-hybridized carbons (Fsp3) is 0.846. The van der Waals surface area contributed by atoms with Crippen molar-refractivity contribution in [2.45, 2.75) is 64.3 Å². The molecule has 92 valence electrons. The lowest BCUT2D eigenvalue weighted by atomic mass is 9.91.